The van der Waals surface area contributed by atoms with Gasteiger partial charge < -0.3 is 10.8 Å². The van der Waals surface area contributed by atoms with Gasteiger partial charge in [-0.25, -0.2) is 4.39 Å². The number of benzene rings is 1. The molecule has 1 aliphatic rings. The topological polar surface area (TPSA) is 80.4 Å². The third-order valence-corrected chi connectivity index (χ3v) is 3.08. The molecule has 16 heavy (non-hydrogen) atoms. The lowest BCUT2D eigenvalue weighted by atomic mass is 9.96. The van der Waals surface area contributed by atoms with Crippen molar-refractivity contribution in [2.75, 3.05) is 0 Å². The molecule has 4 nitrogen and oxygen atoms in total. The smallest absolute Gasteiger partial charge is 0.323 e. The van der Waals surface area contributed by atoms with E-state index in [2.05, 4.69) is 0 Å². The Morgan fingerprint density at radius 1 is 1.31 bits per heavy atom. The van der Waals surface area contributed by atoms with E-state index in [0.29, 0.717) is 0 Å². The molecule has 1 amide bonds. The predicted octanol–water partition coefficient (Wildman–Crippen LogP) is 0.811. The van der Waals surface area contributed by atoms with Crippen LogP contribution < -0.4 is 5.73 Å². The summed E-state index contributed by atoms with van der Waals surface area (Å²) in [5.74, 6) is -2.64. The number of hydrogen-bond acceptors (Lipinski definition) is 2. The number of alkyl halides is 1. The van der Waals surface area contributed by atoms with E-state index >= 15 is 0 Å². The molecule has 0 aromatic heterocycles. The Balaban J connectivity index is 2.46. The van der Waals surface area contributed by atoms with Gasteiger partial charge in [0.25, 0.3) is 0 Å². The Morgan fingerprint density at radius 2 is 1.88 bits per heavy atom. The third kappa shape index (κ3) is 1.08. The molecule has 2 unspecified atom stereocenters. The summed E-state index contributed by atoms with van der Waals surface area (Å²) in [6.07, 6.45) is -0.394. The Labute approximate surface area is 90.9 Å². The number of carboxylic acid groups (broad SMARTS) is 1. The van der Waals surface area contributed by atoms with Crippen LogP contribution in [0.3, 0.4) is 0 Å². The zero-order chi connectivity index (χ0) is 12.0. The van der Waals surface area contributed by atoms with Crippen LogP contribution in [-0.4, -0.2) is 17.0 Å². The molecule has 0 radical (unpaired) electrons. The summed E-state index contributed by atoms with van der Waals surface area (Å²) in [6.45, 7) is 0. The Morgan fingerprint density at radius 3 is 2.25 bits per heavy atom. The van der Waals surface area contributed by atoms with Crippen LogP contribution in [0.1, 0.15) is 12.0 Å². The fourth-order valence-electron chi connectivity index (χ4n) is 2.00. The molecule has 0 saturated heterocycles. The van der Waals surface area contributed by atoms with Crippen molar-refractivity contribution in [2.45, 2.75) is 12.1 Å². The molecule has 2 atom stereocenters. The summed E-state index contributed by atoms with van der Waals surface area (Å²) < 4.78 is 14.4. The van der Waals surface area contributed by atoms with Gasteiger partial charge in [0.2, 0.25) is 5.91 Å². The molecule has 1 aromatic rings. The van der Waals surface area contributed by atoms with Crippen LogP contribution >= 0.6 is 0 Å². The molecule has 84 valence electrons. The van der Waals surface area contributed by atoms with Gasteiger partial charge in [0.15, 0.2) is 11.1 Å². The molecule has 2 rings (SSSR count). The second-order valence-corrected chi connectivity index (χ2v) is 3.92. The van der Waals surface area contributed by atoms with E-state index in [-0.39, 0.29) is 5.56 Å². The van der Waals surface area contributed by atoms with E-state index in [4.69, 9.17) is 10.8 Å². The average Bonchev–Trinajstić information content (AvgIpc) is 2.90. The zero-order valence-electron chi connectivity index (χ0n) is 8.31. The minimum Gasteiger partial charge on any atom is -0.480 e. The number of halogens is 1. The van der Waals surface area contributed by atoms with Crippen molar-refractivity contribution in [3.8, 4) is 0 Å². The van der Waals surface area contributed by atoms with E-state index in [1.807, 2.05) is 0 Å². The summed E-state index contributed by atoms with van der Waals surface area (Å²) in [7, 11) is 0. The first-order valence-electron chi connectivity index (χ1n) is 4.73. The van der Waals surface area contributed by atoms with Crippen molar-refractivity contribution < 1.29 is 19.1 Å². The molecule has 5 heteroatoms. The molecule has 0 spiro atoms. The van der Waals surface area contributed by atoms with Crippen LogP contribution in [0.25, 0.3) is 0 Å². The normalized spacial score (nSPS) is 32.1. The molecule has 0 bridgehead atoms. The minimum absolute atomic E-state index is 0.177. The fraction of sp³-hybridized carbons (Fsp3) is 0.273. The highest BCUT2D eigenvalue weighted by molar-refractivity contribution is 6.07. The van der Waals surface area contributed by atoms with Gasteiger partial charge >= 0.3 is 5.97 Å². The van der Waals surface area contributed by atoms with Crippen molar-refractivity contribution in [1.29, 1.82) is 0 Å². The molecular weight excluding hydrogens is 213 g/mol. The maximum atomic E-state index is 14.4. The number of nitrogens with two attached hydrogens (primary N) is 1. The number of carbonyl (C=O) groups is 2. The first-order valence-corrected chi connectivity index (χ1v) is 4.73. The molecule has 1 aromatic carbocycles. The van der Waals surface area contributed by atoms with Crippen LogP contribution in [0.2, 0.25) is 0 Å². The van der Waals surface area contributed by atoms with Crippen molar-refractivity contribution in [2.24, 2.45) is 11.1 Å². The number of aliphatic carboxylic acids is 1. The number of amides is 1. The first-order chi connectivity index (χ1) is 7.45. The standard InChI is InChI=1S/C11H10FNO3/c12-11(7-4-2-1-3-5-7)6-10(11,8(13)14)9(15)16/h1-5H,6H2,(H2,13,14)(H,15,16). The van der Waals surface area contributed by atoms with Gasteiger partial charge in [-0.1, -0.05) is 30.3 Å². The van der Waals surface area contributed by atoms with Crippen LogP contribution in [-0.2, 0) is 15.3 Å². The van der Waals surface area contributed by atoms with Crippen LogP contribution in [0.15, 0.2) is 30.3 Å². The summed E-state index contributed by atoms with van der Waals surface area (Å²) >= 11 is 0. The van der Waals surface area contributed by atoms with Crippen molar-refractivity contribution >= 4 is 11.9 Å². The molecule has 0 heterocycles. The number of primary amides is 1. The third-order valence-electron chi connectivity index (χ3n) is 3.08. The van der Waals surface area contributed by atoms with Gasteiger partial charge in [-0.3, -0.25) is 9.59 Å². The molecular formula is C11H10FNO3. The predicted molar refractivity (Wildman–Crippen MR) is 53.1 cm³/mol. The van der Waals surface area contributed by atoms with E-state index < -0.39 is 29.4 Å². The van der Waals surface area contributed by atoms with Gasteiger partial charge in [0, 0.05) is 6.42 Å². The fourth-order valence-corrected chi connectivity index (χ4v) is 2.00. The molecule has 3 N–H and O–H groups in total. The first kappa shape index (κ1) is 10.6. The number of rotatable bonds is 3. The van der Waals surface area contributed by atoms with E-state index in [9.17, 15) is 14.0 Å². The van der Waals surface area contributed by atoms with Crippen LogP contribution in [0, 0.1) is 5.41 Å². The number of hydrogen-bond donors (Lipinski definition) is 2. The van der Waals surface area contributed by atoms with Crippen molar-refractivity contribution in [1.82, 2.24) is 0 Å². The number of carbonyl (C=O) groups excluding carboxylic acids is 1. The van der Waals surface area contributed by atoms with Gasteiger partial charge in [-0.05, 0) is 5.56 Å². The summed E-state index contributed by atoms with van der Waals surface area (Å²) in [4.78, 5) is 22.1. The van der Waals surface area contributed by atoms with Crippen molar-refractivity contribution in [3.05, 3.63) is 35.9 Å². The summed E-state index contributed by atoms with van der Waals surface area (Å²) in [5, 5.41) is 8.93. The lowest BCUT2D eigenvalue weighted by Gasteiger charge is -2.12. The highest BCUT2D eigenvalue weighted by atomic mass is 19.1. The average molecular weight is 223 g/mol. The second-order valence-electron chi connectivity index (χ2n) is 3.92. The molecule has 1 saturated carbocycles. The number of carboxylic acids is 1. The molecule has 1 aliphatic carbocycles. The second kappa shape index (κ2) is 3.04. The van der Waals surface area contributed by atoms with Crippen LogP contribution in [0.5, 0.6) is 0 Å². The van der Waals surface area contributed by atoms with E-state index in [1.54, 1.807) is 18.2 Å². The van der Waals surface area contributed by atoms with Crippen molar-refractivity contribution in [3.63, 3.8) is 0 Å². The lowest BCUT2D eigenvalue weighted by molar-refractivity contribution is -0.150. The monoisotopic (exact) mass is 223 g/mol. The van der Waals surface area contributed by atoms with E-state index in [0.717, 1.165) is 0 Å². The van der Waals surface area contributed by atoms with E-state index in [1.165, 1.54) is 12.1 Å². The maximum absolute atomic E-state index is 14.4. The highest BCUT2D eigenvalue weighted by Crippen LogP contribution is 2.65. The lowest BCUT2D eigenvalue weighted by Crippen LogP contribution is -2.37. The Kier molecular flexibility index (Phi) is 2.01. The van der Waals surface area contributed by atoms with Gasteiger partial charge in [0.1, 0.15) is 0 Å². The minimum atomic E-state index is -2.17. The molecule has 0 aliphatic heterocycles. The van der Waals surface area contributed by atoms with Crippen LogP contribution in [0.4, 0.5) is 4.39 Å². The molecule has 1 fully saturated rings. The Hall–Kier alpha value is -1.91. The van der Waals surface area contributed by atoms with Gasteiger partial charge in [0.05, 0.1) is 0 Å². The Bertz CT molecular complexity index is 446. The van der Waals surface area contributed by atoms with Gasteiger partial charge in [-0.15, -0.1) is 0 Å². The van der Waals surface area contributed by atoms with Gasteiger partial charge in [-0.2, -0.15) is 0 Å². The summed E-state index contributed by atoms with van der Waals surface area (Å²) in [5.41, 5.74) is 0.886. The zero-order valence-corrected chi connectivity index (χ0v) is 8.31. The highest BCUT2D eigenvalue weighted by Gasteiger charge is 2.79. The maximum Gasteiger partial charge on any atom is 0.323 e. The largest absolute Gasteiger partial charge is 0.480 e. The SMILES string of the molecule is NC(=O)C1(C(=O)O)CC1(F)c1ccccc1. The quantitative estimate of drug-likeness (QED) is 0.744. The summed E-state index contributed by atoms with van der Waals surface area (Å²) in [6, 6.07) is 7.76.